The monoisotopic (exact) mass is 522 g/mol. The van der Waals surface area contributed by atoms with E-state index in [2.05, 4.69) is 2.89 Å². The maximum atomic E-state index is 13.0. The van der Waals surface area contributed by atoms with Crippen LogP contribution in [0.3, 0.4) is 0 Å². The SMILES string of the molecule is COC1=C[N](c2cccn2C)[In]=[C]1C(=O)C(=O)N1CCN(C(=O)c2ccccc2)CC1. The van der Waals surface area contributed by atoms with Gasteiger partial charge >= 0.3 is 192 Å². The Kier molecular flexibility index (Phi) is 6.31. The van der Waals surface area contributed by atoms with Crippen molar-refractivity contribution < 1.29 is 19.1 Å². The molecule has 158 valence electrons. The van der Waals surface area contributed by atoms with Crippen LogP contribution in [0.2, 0.25) is 0 Å². The molecule has 4 rings (SSSR count). The molecule has 2 aromatic rings. The number of carbonyl (C=O) groups excluding carboxylic acids is 3. The Morgan fingerprint density at radius 3 is 2.23 bits per heavy atom. The number of ether oxygens (including phenoxy) is 1. The van der Waals surface area contributed by atoms with Crippen molar-refractivity contribution in [2.75, 3.05) is 36.2 Å². The molecule has 0 bridgehead atoms. The van der Waals surface area contributed by atoms with Crippen molar-refractivity contribution in [3.63, 3.8) is 0 Å². The molecule has 0 unspecified atom stereocenters. The number of allylic oxidation sites excluding steroid dienone is 1. The number of Topliss-reactive ketones (excluding diaryl/α,β-unsaturated/α-hetero) is 1. The summed E-state index contributed by atoms with van der Waals surface area (Å²) in [6.45, 7) is 1.51. The molecular weight excluding hydrogens is 499 g/mol. The standard InChI is InChI=1S/C22H23N4O4.In/c1-24-10-6-9-20(24)23-16-18(30-2)15-19(27)22(29)26-13-11-25(12-14-26)21(28)17-7-4-3-5-8-17;/h3-10,16H,11-14H2,1-2H3;/q-1;+1. The number of nitrogens with zero attached hydrogens (tertiary/aromatic N) is 4. The molecule has 0 radical (unpaired) electrons. The van der Waals surface area contributed by atoms with Gasteiger partial charge in [0.1, 0.15) is 0 Å². The van der Waals surface area contributed by atoms with Crippen molar-refractivity contribution in [1.82, 2.24) is 14.4 Å². The summed E-state index contributed by atoms with van der Waals surface area (Å²) in [7, 11) is 3.47. The van der Waals surface area contributed by atoms with Crippen LogP contribution in [0, 0.1) is 0 Å². The number of anilines is 1. The number of aryl methyl sites for hydroxylation is 1. The second-order valence-corrected chi connectivity index (χ2v) is 11.4. The van der Waals surface area contributed by atoms with E-state index in [0.29, 0.717) is 40.8 Å². The van der Waals surface area contributed by atoms with Crippen molar-refractivity contribution in [1.29, 1.82) is 0 Å². The fraction of sp³-hybridized carbons (Fsp3) is 0.273. The summed E-state index contributed by atoms with van der Waals surface area (Å²) in [5.41, 5.74) is 0.628. The molecule has 2 amide bonds. The van der Waals surface area contributed by atoms with Gasteiger partial charge < -0.3 is 0 Å². The van der Waals surface area contributed by atoms with Crippen molar-refractivity contribution >= 4 is 49.4 Å². The van der Waals surface area contributed by atoms with E-state index in [1.165, 1.54) is 7.11 Å². The topological polar surface area (TPSA) is 75.1 Å². The molecule has 0 N–H and O–H groups in total. The van der Waals surface area contributed by atoms with E-state index in [0.717, 1.165) is 5.82 Å². The zero-order chi connectivity index (χ0) is 22.0. The minimum atomic E-state index is -1.76. The van der Waals surface area contributed by atoms with Crippen molar-refractivity contribution in [3.8, 4) is 0 Å². The van der Waals surface area contributed by atoms with Gasteiger partial charge in [-0.25, -0.2) is 0 Å². The molecule has 1 aromatic carbocycles. The molecular formula is C22H23InN4O4. The molecule has 3 heterocycles. The Labute approximate surface area is 191 Å². The third-order valence-corrected chi connectivity index (χ3v) is 9.78. The normalized spacial score (nSPS) is 15.9. The Bertz CT molecular complexity index is 1070. The zero-order valence-corrected chi connectivity index (χ0v) is 20.8. The molecule has 9 heteroatoms. The Hall–Kier alpha value is -2.81. The van der Waals surface area contributed by atoms with Gasteiger partial charge in [0.25, 0.3) is 0 Å². The van der Waals surface area contributed by atoms with Crippen LogP contribution >= 0.6 is 0 Å². The van der Waals surface area contributed by atoms with Crippen LogP contribution in [0.1, 0.15) is 10.4 Å². The van der Waals surface area contributed by atoms with Gasteiger partial charge in [0.05, 0.1) is 0 Å². The number of ketones is 1. The number of aromatic nitrogens is 1. The Morgan fingerprint density at radius 1 is 0.935 bits per heavy atom. The van der Waals surface area contributed by atoms with Crippen LogP contribution < -0.4 is 2.89 Å². The third-order valence-electron chi connectivity index (χ3n) is 5.50. The molecule has 2 aliphatic rings. The number of hydrogen-bond donors (Lipinski definition) is 0. The fourth-order valence-corrected chi connectivity index (χ4v) is 7.89. The van der Waals surface area contributed by atoms with E-state index in [4.69, 9.17) is 4.74 Å². The summed E-state index contributed by atoms with van der Waals surface area (Å²) in [6, 6.07) is 13.0. The van der Waals surface area contributed by atoms with E-state index in [-0.39, 0.29) is 5.91 Å². The summed E-state index contributed by atoms with van der Waals surface area (Å²) >= 11 is -1.76. The number of amides is 2. The number of piperazine rings is 1. The number of hydrogen-bond acceptors (Lipinski definition) is 5. The predicted octanol–water partition coefficient (Wildman–Crippen LogP) is 0.678. The molecule has 1 aromatic heterocycles. The average molecular weight is 522 g/mol. The number of benzene rings is 1. The summed E-state index contributed by atoms with van der Waals surface area (Å²) in [5, 5.41) is 0. The molecule has 0 spiro atoms. The fourth-order valence-electron chi connectivity index (χ4n) is 3.76. The van der Waals surface area contributed by atoms with Crippen LogP contribution in [0.4, 0.5) is 5.82 Å². The summed E-state index contributed by atoms with van der Waals surface area (Å²) in [4.78, 5) is 41.8. The summed E-state index contributed by atoms with van der Waals surface area (Å²) in [6.07, 6.45) is 3.77. The van der Waals surface area contributed by atoms with Crippen molar-refractivity contribution in [2.45, 2.75) is 0 Å². The first-order valence-corrected chi connectivity index (χ1v) is 13.2. The molecule has 31 heavy (non-hydrogen) atoms. The molecule has 1 fully saturated rings. The van der Waals surface area contributed by atoms with Gasteiger partial charge in [-0.3, -0.25) is 0 Å². The van der Waals surface area contributed by atoms with E-state index in [1.807, 2.05) is 54.3 Å². The van der Waals surface area contributed by atoms with E-state index >= 15 is 0 Å². The molecule has 8 nitrogen and oxygen atoms in total. The molecule has 2 aliphatic heterocycles. The third kappa shape index (κ3) is 4.32. The van der Waals surface area contributed by atoms with Gasteiger partial charge in [0.2, 0.25) is 0 Å². The quantitative estimate of drug-likeness (QED) is 0.541. The van der Waals surface area contributed by atoms with E-state index in [1.54, 1.807) is 21.9 Å². The zero-order valence-electron chi connectivity index (χ0n) is 17.5. The number of methoxy groups -OCH3 is 1. The van der Waals surface area contributed by atoms with Gasteiger partial charge in [0.15, 0.2) is 0 Å². The Morgan fingerprint density at radius 2 is 1.61 bits per heavy atom. The van der Waals surface area contributed by atoms with Crippen LogP contribution in [-0.2, 0) is 21.4 Å². The molecule has 0 atom stereocenters. The van der Waals surface area contributed by atoms with Crippen molar-refractivity contribution in [2.24, 2.45) is 7.05 Å². The van der Waals surface area contributed by atoms with E-state index in [9.17, 15) is 14.4 Å². The molecule has 0 saturated carbocycles. The molecule has 1 saturated heterocycles. The first kappa shape index (κ1) is 21.4. The minimum absolute atomic E-state index is 0.0536. The second kappa shape index (κ2) is 9.13. The van der Waals surface area contributed by atoms with Gasteiger partial charge in [-0.2, -0.15) is 0 Å². The first-order valence-electron chi connectivity index (χ1n) is 10.0. The molecule has 0 aliphatic carbocycles. The summed E-state index contributed by atoms with van der Waals surface area (Å²) in [5.74, 6) is 0.429. The maximum absolute atomic E-state index is 13.0. The van der Waals surface area contributed by atoms with Crippen LogP contribution in [0.15, 0.2) is 60.6 Å². The number of rotatable bonds is 5. The van der Waals surface area contributed by atoms with Crippen LogP contribution in [0.5, 0.6) is 0 Å². The van der Waals surface area contributed by atoms with Gasteiger partial charge in [-0.05, 0) is 0 Å². The van der Waals surface area contributed by atoms with Gasteiger partial charge in [-0.15, -0.1) is 0 Å². The van der Waals surface area contributed by atoms with Gasteiger partial charge in [-0.1, -0.05) is 0 Å². The van der Waals surface area contributed by atoms with Crippen LogP contribution in [0.25, 0.3) is 0 Å². The Balaban J connectivity index is 1.42. The van der Waals surface area contributed by atoms with Crippen LogP contribution in [-0.4, -0.2) is 91.2 Å². The van der Waals surface area contributed by atoms with E-state index < -0.39 is 34.4 Å². The second-order valence-electron chi connectivity index (χ2n) is 7.40. The number of carbonyl (C=O) groups is 3. The predicted molar refractivity (Wildman–Crippen MR) is 118 cm³/mol. The average Bonchev–Trinajstić information content (AvgIpc) is 3.44. The van der Waals surface area contributed by atoms with Gasteiger partial charge in [0, 0.05) is 0 Å². The van der Waals surface area contributed by atoms with Crippen molar-refractivity contribution in [3.05, 3.63) is 66.2 Å². The summed E-state index contributed by atoms with van der Waals surface area (Å²) < 4.78 is 10.0. The first-order chi connectivity index (χ1) is 15.0.